The Morgan fingerprint density at radius 2 is 1.14 bits per heavy atom. The molecule has 1 N–H and O–H groups in total. The highest BCUT2D eigenvalue weighted by atomic mass is 19.4. The van der Waals surface area contributed by atoms with E-state index in [0.29, 0.717) is 29.7 Å². The molecule has 0 aliphatic heterocycles. The molecule has 0 saturated heterocycles. The number of aliphatic hydroxyl groups is 1. The third-order valence-electron chi connectivity index (χ3n) is 4.69. The van der Waals surface area contributed by atoms with Gasteiger partial charge < -0.3 is 5.11 Å². The first-order valence-corrected chi connectivity index (χ1v) is 8.62. The van der Waals surface area contributed by atoms with Gasteiger partial charge in [0.25, 0.3) is 5.60 Å². The van der Waals surface area contributed by atoms with Gasteiger partial charge in [-0.25, -0.2) is 0 Å². The van der Waals surface area contributed by atoms with Crippen LogP contribution < -0.4 is 0 Å². The molecule has 0 atom stereocenters. The minimum absolute atomic E-state index is 0.451. The van der Waals surface area contributed by atoms with Gasteiger partial charge in [-0.1, -0.05) is 78.9 Å². The van der Waals surface area contributed by atoms with Crippen molar-refractivity contribution < 1.29 is 31.4 Å². The van der Waals surface area contributed by atoms with E-state index in [9.17, 15) is 31.4 Å². The van der Waals surface area contributed by atoms with Gasteiger partial charge in [-0.2, -0.15) is 26.3 Å². The highest BCUT2D eigenvalue weighted by Gasteiger charge is 2.71. The van der Waals surface area contributed by atoms with Crippen LogP contribution in [-0.4, -0.2) is 17.5 Å². The minimum Gasteiger partial charge on any atom is -0.369 e. The number of rotatable bonds is 4. The van der Waals surface area contributed by atoms with Gasteiger partial charge in [-0.15, -0.1) is 0 Å². The predicted molar refractivity (Wildman–Crippen MR) is 97.1 cm³/mol. The monoisotopic (exact) mass is 410 g/mol. The first-order valence-electron chi connectivity index (χ1n) is 8.62. The quantitative estimate of drug-likeness (QED) is 0.504. The van der Waals surface area contributed by atoms with Crippen LogP contribution in [0, 0.1) is 0 Å². The van der Waals surface area contributed by atoms with Crippen LogP contribution in [0.15, 0.2) is 78.9 Å². The smallest absolute Gasteiger partial charge is 0.369 e. The van der Waals surface area contributed by atoms with Crippen molar-refractivity contribution >= 4 is 0 Å². The molecule has 3 aromatic carbocycles. The zero-order valence-electron chi connectivity index (χ0n) is 14.9. The van der Waals surface area contributed by atoms with E-state index in [0.717, 1.165) is 23.3 Å². The van der Waals surface area contributed by atoms with Crippen molar-refractivity contribution in [2.24, 2.45) is 0 Å². The maximum atomic E-state index is 13.0. The third kappa shape index (κ3) is 4.00. The van der Waals surface area contributed by atoms with Crippen LogP contribution in [0.2, 0.25) is 0 Å². The standard InChI is InChI=1S/C22H16F6O/c23-21(24,25)20(29,22(26,27)28)18-12-10-16(11-13-18)19-9-5-4-8-17(19)14-15-6-2-1-3-7-15/h1-13,29H,14H2. The topological polar surface area (TPSA) is 20.2 Å². The van der Waals surface area contributed by atoms with E-state index in [-0.39, 0.29) is 0 Å². The molecule has 0 amide bonds. The number of hydrogen-bond acceptors (Lipinski definition) is 1. The van der Waals surface area contributed by atoms with Crippen LogP contribution in [0.4, 0.5) is 26.3 Å². The molecule has 1 nitrogen and oxygen atoms in total. The maximum Gasteiger partial charge on any atom is 0.430 e. The van der Waals surface area contributed by atoms with Gasteiger partial charge in [-0.05, 0) is 28.7 Å². The van der Waals surface area contributed by atoms with Crippen LogP contribution in [0.25, 0.3) is 11.1 Å². The van der Waals surface area contributed by atoms with Crippen molar-refractivity contribution in [1.82, 2.24) is 0 Å². The normalized spacial score (nSPS) is 12.8. The molecule has 152 valence electrons. The summed E-state index contributed by atoms with van der Waals surface area (Å²) in [6, 6.07) is 20.2. The fraction of sp³-hybridized carbons (Fsp3) is 0.182. The molecule has 0 aromatic heterocycles. The van der Waals surface area contributed by atoms with Crippen LogP contribution in [0.1, 0.15) is 16.7 Å². The minimum atomic E-state index is -5.90. The van der Waals surface area contributed by atoms with Crippen molar-refractivity contribution in [3.8, 4) is 11.1 Å². The fourth-order valence-corrected chi connectivity index (χ4v) is 3.15. The van der Waals surface area contributed by atoms with Gasteiger partial charge in [0.1, 0.15) is 0 Å². The van der Waals surface area contributed by atoms with Gasteiger partial charge in [0.2, 0.25) is 0 Å². The van der Waals surface area contributed by atoms with Crippen LogP contribution >= 0.6 is 0 Å². The highest BCUT2D eigenvalue weighted by Crippen LogP contribution is 2.50. The molecule has 0 fully saturated rings. The van der Waals surface area contributed by atoms with E-state index >= 15 is 0 Å². The second kappa shape index (κ2) is 7.55. The fourth-order valence-electron chi connectivity index (χ4n) is 3.15. The number of benzene rings is 3. The summed E-state index contributed by atoms with van der Waals surface area (Å²) in [5.74, 6) is 0. The Bertz CT molecular complexity index is 945. The Labute approximate surface area is 163 Å². The van der Waals surface area contributed by atoms with Gasteiger partial charge in [-0.3, -0.25) is 0 Å². The first kappa shape index (κ1) is 20.9. The van der Waals surface area contributed by atoms with E-state index in [2.05, 4.69) is 0 Å². The van der Waals surface area contributed by atoms with E-state index in [4.69, 9.17) is 0 Å². The summed E-state index contributed by atoms with van der Waals surface area (Å²) in [7, 11) is 0. The van der Waals surface area contributed by atoms with E-state index in [1.165, 1.54) is 0 Å². The Morgan fingerprint density at radius 1 is 0.621 bits per heavy atom. The summed E-state index contributed by atoms with van der Waals surface area (Å²) in [5.41, 5.74) is -3.19. The van der Waals surface area contributed by atoms with Crippen LogP contribution in [-0.2, 0) is 12.0 Å². The molecule has 3 aromatic rings. The average molecular weight is 410 g/mol. The first-order chi connectivity index (χ1) is 13.5. The van der Waals surface area contributed by atoms with E-state index in [1.54, 1.807) is 12.1 Å². The molecule has 0 heterocycles. The Kier molecular flexibility index (Phi) is 5.45. The molecule has 3 rings (SSSR count). The molecule has 0 unspecified atom stereocenters. The van der Waals surface area contributed by atoms with Gasteiger partial charge in [0, 0.05) is 5.56 Å². The molecule has 0 saturated carbocycles. The lowest BCUT2D eigenvalue weighted by atomic mass is 9.89. The van der Waals surface area contributed by atoms with Gasteiger partial charge >= 0.3 is 12.4 Å². The summed E-state index contributed by atoms with van der Waals surface area (Å²) in [5, 5.41) is 9.52. The molecule has 0 spiro atoms. The maximum absolute atomic E-state index is 13.0. The Balaban J connectivity index is 2.00. The summed E-state index contributed by atoms with van der Waals surface area (Å²) < 4.78 is 78.3. The highest BCUT2D eigenvalue weighted by molar-refractivity contribution is 5.68. The van der Waals surface area contributed by atoms with Crippen LogP contribution in [0.3, 0.4) is 0 Å². The van der Waals surface area contributed by atoms with Crippen molar-refractivity contribution in [3.05, 3.63) is 95.6 Å². The Hall–Kier alpha value is -2.80. The summed E-state index contributed by atoms with van der Waals surface area (Å²) in [6.45, 7) is 0. The molecular formula is C22H16F6O. The predicted octanol–water partition coefficient (Wildman–Crippen LogP) is 6.26. The lowest BCUT2D eigenvalue weighted by Gasteiger charge is -2.32. The zero-order chi connectivity index (χ0) is 21.3. The second-order valence-corrected chi connectivity index (χ2v) is 6.60. The molecule has 0 aliphatic carbocycles. The largest absolute Gasteiger partial charge is 0.430 e. The lowest BCUT2D eigenvalue weighted by molar-refractivity contribution is -0.376. The molecule has 0 aliphatic rings. The van der Waals surface area contributed by atoms with Crippen molar-refractivity contribution in [2.75, 3.05) is 0 Å². The zero-order valence-corrected chi connectivity index (χ0v) is 14.9. The summed E-state index contributed by atoms with van der Waals surface area (Å²) >= 11 is 0. The number of hydrogen-bond donors (Lipinski definition) is 1. The van der Waals surface area contributed by atoms with Crippen molar-refractivity contribution in [1.29, 1.82) is 0 Å². The van der Waals surface area contributed by atoms with Crippen molar-refractivity contribution in [2.45, 2.75) is 24.4 Å². The molecule has 29 heavy (non-hydrogen) atoms. The molecule has 0 bridgehead atoms. The molecular weight excluding hydrogens is 394 g/mol. The number of alkyl halides is 6. The summed E-state index contributed by atoms with van der Waals surface area (Å²) in [6.07, 6.45) is -11.3. The molecule has 0 radical (unpaired) electrons. The van der Waals surface area contributed by atoms with Crippen molar-refractivity contribution in [3.63, 3.8) is 0 Å². The average Bonchev–Trinajstić information content (AvgIpc) is 2.67. The van der Waals surface area contributed by atoms with E-state index in [1.807, 2.05) is 42.5 Å². The second-order valence-electron chi connectivity index (χ2n) is 6.60. The number of halogens is 6. The van der Waals surface area contributed by atoms with Crippen LogP contribution in [0.5, 0.6) is 0 Å². The lowest BCUT2D eigenvalue weighted by Crippen LogP contribution is -2.53. The van der Waals surface area contributed by atoms with E-state index < -0.39 is 23.5 Å². The summed E-state index contributed by atoms with van der Waals surface area (Å²) in [4.78, 5) is 0. The molecule has 7 heteroatoms. The Morgan fingerprint density at radius 3 is 1.69 bits per heavy atom. The third-order valence-corrected chi connectivity index (χ3v) is 4.69. The van der Waals surface area contributed by atoms with Gasteiger partial charge in [0.05, 0.1) is 0 Å². The SMILES string of the molecule is OC(c1ccc(-c2ccccc2Cc2ccccc2)cc1)(C(F)(F)F)C(F)(F)F. The van der Waals surface area contributed by atoms with Gasteiger partial charge in [0.15, 0.2) is 0 Å².